The molecule has 10 nitrogen and oxygen atoms in total. The first-order valence-corrected chi connectivity index (χ1v) is 19.8. The molecule has 0 aliphatic carbocycles. The van der Waals surface area contributed by atoms with Crippen molar-refractivity contribution >= 4 is 46.4 Å². The van der Waals surface area contributed by atoms with E-state index in [1.165, 1.54) is 34.8 Å². The number of benzene rings is 5. The van der Waals surface area contributed by atoms with Crippen molar-refractivity contribution in [1.82, 2.24) is 20.6 Å². The summed E-state index contributed by atoms with van der Waals surface area (Å²) in [4.78, 5) is 56.8. The highest BCUT2D eigenvalue weighted by molar-refractivity contribution is 7.13. The second-order valence-electron chi connectivity index (χ2n) is 13.0. The van der Waals surface area contributed by atoms with Crippen LogP contribution in [-0.2, 0) is 9.59 Å². The van der Waals surface area contributed by atoms with Gasteiger partial charge in [0.2, 0.25) is 0 Å². The number of amides is 2. The molecular formula is C45H37FN4O6S2. The van der Waals surface area contributed by atoms with Gasteiger partial charge in [-0.25, -0.2) is 14.4 Å². The van der Waals surface area contributed by atoms with Crippen LogP contribution in [-0.4, -0.2) is 43.9 Å². The Morgan fingerprint density at radius 2 is 1.00 bits per heavy atom. The van der Waals surface area contributed by atoms with E-state index >= 15 is 0 Å². The molecule has 2 amide bonds. The Morgan fingerprint density at radius 1 is 0.569 bits per heavy atom. The van der Waals surface area contributed by atoms with Gasteiger partial charge < -0.3 is 20.8 Å². The van der Waals surface area contributed by atoms with Crippen LogP contribution >= 0.6 is 22.7 Å². The van der Waals surface area contributed by atoms with Crippen molar-refractivity contribution in [3.8, 4) is 32.3 Å². The molecule has 0 saturated carbocycles. The molecular weight excluding hydrogens is 776 g/mol. The number of nitrogens with zero attached hydrogens (tertiary/aromatic N) is 2. The number of halogens is 1. The smallest absolute Gasteiger partial charge is 0.305 e. The lowest BCUT2D eigenvalue weighted by Crippen LogP contribution is -2.30. The van der Waals surface area contributed by atoms with E-state index in [1.54, 1.807) is 35.0 Å². The van der Waals surface area contributed by atoms with Crippen molar-refractivity contribution < 1.29 is 33.8 Å². The Bertz CT molecular complexity index is 2490. The average molecular weight is 813 g/mol. The van der Waals surface area contributed by atoms with E-state index < -0.39 is 29.9 Å². The number of carbonyl (C=O) groups excluding carboxylic acids is 2. The molecule has 13 heteroatoms. The molecule has 0 saturated heterocycles. The molecule has 2 aromatic heterocycles. The average Bonchev–Trinajstić information content (AvgIpc) is 3.94. The maximum atomic E-state index is 13.2. The van der Waals surface area contributed by atoms with Crippen LogP contribution in [0.5, 0.6) is 0 Å². The Balaban J connectivity index is 0.000000200. The van der Waals surface area contributed by atoms with Crippen LogP contribution in [0.15, 0.2) is 144 Å². The minimum Gasteiger partial charge on any atom is -0.481 e. The van der Waals surface area contributed by atoms with Crippen molar-refractivity contribution in [1.29, 1.82) is 0 Å². The van der Waals surface area contributed by atoms with Crippen LogP contribution in [0.25, 0.3) is 32.3 Å². The number of carboxylic acids is 2. The molecule has 0 aliphatic heterocycles. The van der Waals surface area contributed by atoms with E-state index in [0.717, 1.165) is 38.4 Å². The Kier molecular flexibility index (Phi) is 13.6. The van der Waals surface area contributed by atoms with E-state index in [-0.39, 0.29) is 36.0 Å². The molecule has 292 valence electrons. The second-order valence-corrected chi connectivity index (χ2v) is 14.8. The zero-order chi connectivity index (χ0) is 41.0. The lowest BCUT2D eigenvalue weighted by Gasteiger charge is -2.18. The summed E-state index contributed by atoms with van der Waals surface area (Å²) in [5.41, 5.74) is 6.47. The molecule has 0 spiro atoms. The zero-order valence-corrected chi connectivity index (χ0v) is 32.7. The molecule has 2 atom stereocenters. The fourth-order valence-electron chi connectivity index (χ4n) is 6.02. The molecule has 0 aliphatic rings. The predicted octanol–water partition coefficient (Wildman–Crippen LogP) is 9.63. The van der Waals surface area contributed by atoms with Crippen LogP contribution in [0, 0.1) is 12.7 Å². The largest absolute Gasteiger partial charge is 0.481 e. The van der Waals surface area contributed by atoms with Crippen molar-refractivity contribution in [2.24, 2.45) is 0 Å². The number of nitrogens with one attached hydrogen (secondary N) is 2. The minimum absolute atomic E-state index is 0.188. The van der Waals surface area contributed by atoms with Crippen LogP contribution in [0.1, 0.15) is 62.6 Å². The number of aryl methyl sites for hydroxylation is 1. The fourth-order valence-corrected chi connectivity index (χ4v) is 7.63. The van der Waals surface area contributed by atoms with Gasteiger partial charge in [0.15, 0.2) is 0 Å². The van der Waals surface area contributed by atoms with E-state index in [4.69, 9.17) is 0 Å². The van der Waals surface area contributed by atoms with Gasteiger partial charge in [-0.15, -0.1) is 22.7 Å². The van der Waals surface area contributed by atoms with Crippen LogP contribution in [0.3, 0.4) is 0 Å². The standard InChI is InChI=1S/C25H19FN2O3S.C20H18N2O3S/c26-20-12-10-17(11-13-20)16-6-8-18(9-7-16)21(14-23(29)30)27-24(31)22-15-32-25(28-22)19-4-2-1-3-5-19;1-13-7-5-6-10-15(13)16(11-18(23)24)21-19(25)17-12-26-20(22-17)14-8-3-2-4-9-14/h1-13,15,21H,14H2,(H,27,31)(H,29,30);2-10,12,16H,11H2,1H3,(H,21,25)(H,23,24)/t;16-/m.0/s1. The number of hydrogen-bond donors (Lipinski definition) is 4. The highest BCUT2D eigenvalue weighted by atomic mass is 32.1. The number of hydrogen-bond acceptors (Lipinski definition) is 8. The van der Waals surface area contributed by atoms with Gasteiger partial charge in [0, 0.05) is 21.9 Å². The Hall–Kier alpha value is -6.83. The summed E-state index contributed by atoms with van der Waals surface area (Å²) < 4.78 is 13.2. The number of thiazole rings is 2. The molecule has 4 N–H and O–H groups in total. The van der Waals surface area contributed by atoms with E-state index in [2.05, 4.69) is 20.6 Å². The summed E-state index contributed by atoms with van der Waals surface area (Å²) in [6.07, 6.45) is -0.455. The summed E-state index contributed by atoms with van der Waals surface area (Å²) >= 11 is 2.74. The highest BCUT2D eigenvalue weighted by Gasteiger charge is 2.23. The van der Waals surface area contributed by atoms with E-state index in [0.29, 0.717) is 10.6 Å². The van der Waals surface area contributed by atoms with Gasteiger partial charge in [-0.3, -0.25) is 19.2 Å². The first-order valence-electron chi connectivity index (χ1n) is 18.0. The van der Waals surface area contributed by atoms with Gasteiger partial charge in [-0.05, 0) is 46.9 Å². The van der Waals surface area contributed by atoms with Gasteiger partial charge in [-0.1, -0.05) is 121 Å². The van der Waals surface area contributed by atoms with E-state index in [9.17, 15) is 33.8 Å². The summed E-state index contributed by atoms with van der Waals surface area (Å²) in [6.45, 7) is 1.90. The van der Waals surface area contributed by atoms with E-state index in [1.807, 2.05) is 104 Å². The van der Waals surface area contributed by atoms with Crippen molar-refractivity contribution in [3.63, 3.8) is 0 Å². The molecule has 0 radical (unpaired) electrons. The molecule has 0 bridgehead atoms. The third-order valence-corrected chi connectivity index (χ3v) is 10.7. The highest BCUT2D eigenvalue weighted by Crippen LogP contribution is 2.28. The molecule has 0 fully saturated rings. The van der Waals surface area contributed by atoms with Gasteiger partial charge in [0.25, 0.3) is 11.8 Å². The molecule has 1 unspecified atom stereocenters. The summed E-state index contributed by atoms with van der Waals surface area (Å²) in [6, 6.07) is 38.5. The molecule has 7 aromatic rings. The number of aliphatic carboxylic acids is 2. The van der Waals surface area contributed by atoms with Crippen LogP contribution in [0.2, 0.25) is 0 Å². The van der Waals surface area contributed by atoms with Gasteiger partial charge in [0.1, 0.15) is 27.2 Å². The lowest BCUT2D eigenvalue weighted by atomic mass is 9.98. The second kappa shape index (κ2) is 19.4. The third kappa shape index (κ3) is 10.9. The van der Waals surface area contributed by atoms with Crippen molar-refractivity contribution in [2.75, 3.05) is 0 Å². The maximum absolute atomic E-state index is 13.2. The summed E-state index contributed by atoms with van der Waals surface area (Å²) in [5.74, 6) is -3.12. The van der Waals surface area contributed by atoms with Crippen molar-refractivity contribution in [3.05, 3.63) is 178 Å². The first kappa shape index (κ1) is 40.8. The first-order chi connectivity index (χ1) is 28.0. The number of aromatic nitrogens is 2. The summed E-state index contributed by atoms with van der Waals surface area (Å²) in [7, 11) is 0. The van der Waals surface area contributed by atoms with Crippen molar-refractivity contribution in [2.45, 2.75) is 31.8 Å². The van der Waals surface area contributed by atoms with Gasteiger partial charge in [-0.2, -0.15) is 0 Å². The third-order valence-electron chi connectivity index (χ3n) is 8.94. The van der Waals surface area contributed by atoms with Crippen LogP contribution in [0.4, 0.5) is 4.39 Å². The van der Waals surface area contributed by atoms with Crippen LogP contribution < -0.4 is 10.6 Å². The lowest BCUT2D eigenvalue weighted by molar-refractivity contribution is -0.138. The maximum Gasteiger partial charge on any atom is 0.305 e. The van der Waals surface area contributed by atoms with Gasteiger partial charge >= 0.3 is 11.9 Å². The molecule has 5 aromatic carbocycles. The Labute approximate surface area is 341 Å². The quantitative estimate of drug-likeness (QED) is 0.0896. The topological polar surface area (TPSA) is 159 Å². The Morgan fingerprint density at radius 3 is 1.48 bits per heavy atom. The fraction of sp³-hybridized carbons (Fsp3) is 0.111. The molecule has 2 heterocycles. The summed E-state index contributed by atoms with van der Waals surface area (Å²) in [5, 5.41) is 29.0. The monoisotopic (exact) mass is 812 g/mol. The normalized spacial score (nSPS) is 11.7. The zero-order valence-electron chi connectivity index (χ0n) is 31.0. The minimum atomic E-state index is -1.03. The predicted molar refractivity (Wildman–Crippen MR) is 223 cm³/mol. The number of carboxylic acid groups (broad SMARTS) is 2. The number of rotatable bonds is 13. The molecule has 7 rings (SSSR count). The SMILES string of the molecule is Cc1ccccc1[C@H](CC(=O)O)NC(=O)c1csc(-c2ccccc2)n1.O=C(O)CC(NC(=O)c1csc(-c2ccccc2)n1)c1ccc(-c2ccc(F)cc2)cc1. The number of carbonyl (C=O) groups is 4. The van der Waals surface area contributed by atoms with Gasteiger partial charge in [0.05, 0.1) is 24.9 Å². The molecule has 58 heavy (non-hydrogen) atoms.